The quantitative estimate of drug-likeness (QED) is 0.236. The van der Waals surface area contributed by atoms with Gasteiger partial charge in [0.05, 0.1) is 36.4 Å². The molecule has 1 saturated heterocycles. The lowest BCUT2D eigenvalue weighted by atomic mass is 10.0. The average Bonchev–Trinajstić information content (AvgIpc) is 3.46. The zero-order chi connectivity index (χ0) is 28.3. The molecular weight excluding hydrogens is 540 g/mol. The van der Waals surface area contributed by atoms with Crippen LogP contribution in [-0.4, -0.2) is 54.3 Å². The number of carbonyl (C=O) groups is 1. The molecule has 10 heteroatoms. The fourth-order valence-corrected chi connectivity index (χ4v) is 5.76. The molecule has 0 radical (unpaired) electrons. The van der Waals surface area contributed by atoms with Crippen molar-refractivity contribution in [2.45, 2.75) is 31.5 Å². The summed E-state index contributed by atoms with van der Waals surface area (Å²) in [4.78, 5) is 33.9. The van der Waals surface area contributed by atoms with E-state index in [1.807, 2.05) is 60.7 Å². The lowest BCUT2D eigenvalue weighted by Gasteiger charge is -2.29. The number of anilines is 2. The summed E-state index contributed by atoms with van der Waals surface area (Å²) in [6.07, 6.45) is 0. The highest BCUT2D eigenvalue weighted by Crippen LogP contribution is 2.33. The number of thioether (sulfide) groups is 1. The van der Waals surface area contributed by atoms with Gasteiger partial charge >= 0.3 is 0 Å². The second-order valence-electron chi connectivity index (χ2n) is 10.4. The molecule has 0 spiro atoms. The monoisotopic (exact) mass is 572 g/mol. The number of nitrogens with zero attached hydrogens (tertiary/aromatic N) is 3. The molecule has 3 heterocycles. The van der Waals surface area contributed by atoms with Gasteiger partial charge in [-0.2, -0.15) is 0 Å². The van der Waals surface area contributed by atoms with Crippen LogP contribution >= 0.6 is 11.8 Å². The van der Waals surface area contributed by atoms with Crippen LogP contribution in [0.3, 0.4) is 0 Å². The van der Waals surface area contributed by atoms with Gasteiger partial charge in [-0.25, -0.2) is 4.98 Å². The standard InChI is InChI=1S/C31H32N4O5S/c1-20(2)22-4-6-23(7-5-22)32-29(36)18-41-31-33-26-9-8-24(34-11-13-38-14-12-34)16-25(26)30(37)35(31)17-21-3-10-27-28(15-21)40-19-39-27/h3-10,15-16,20H,11-14,17-19H2,1-2H3,(H,32,36). The van der Waals surface area contributed by atoms with Crippen molar-refractivity contribution in [2.24, 2.45) is 0 Å². The topological polar surface area (TPSA) is 94.9 Å². The fourth-order valence-electron chi connectivity index (χ4n) is 4.96. The third kappa shape index (κ3) is 6.03. The van der Waals surface area contributed by atoms with Crippen molar-refractivity contribution in [3.05, 3.63) is 82.1 Å². The van der Waals surface area contributed by atoms with Crippen LogP contribution in [0.25, 0.3) is 10.9 Å². The molecule has 212 valence electrons. The van der Waals surface area contributed by atoms with Gasteiger partial charge in [0.25, 0.3) is 5.56 Å². The Morgan fingerprint density at radius 1 is 1.00 bits per heavy atom. The normalized spacial score (nSPS) is 14.6. The highest BCUT2D eigenvalue weighted by Gasteiger charge is 2.19. The Balaban J connectivity index is 1.29. The minimum Gasteiger partial charge on any atom is -0.454 e. The van der Waals surface area contributed by atoms with Crippen LogP contribution in [0.1, 0.15) is 30.9 Å². The van der Waals surface area contributed by atoms with Crippen LogP contribution in [0.5, 0.6) is 11.5 Å². The van der Waals surface area contributed by atoms with Gasteiger partial charge in [-0.15, -0.1) is 0 Å². The molecule has 3 aromatic carbocycles. The number of benzene rings is 3. The summed E-state index contributed by atoms with van der Waals surface area (Å²) in [5, 5.41) is 3.96. The number of aromatic nitrogens is 2. The molecular formula is C31H32N4O5S. The molecule has 9 nitrogen and oxygen atoms in total. The molecule has 1 N–H and O–H groups in total. The number of ether oxygens (including phenoxy) is 3. The van der Waals surface area contributed by atoms with Gasteiger partial charge in [0.1, 0.15) is 0 Å². The molecule has 1 amide bonds. The van der Waals surface area contributed by atoms with Gasteiger partial charge in [0, 0.05) is 24.5 Å². The molecule has 2 aliphatic rings. The third-order valence-corrected chi connectivity index (χ3v) is 8.23. The van der Waals surface area contributed by atoms with Crippen LogP contribution < -0.4 is 25.2 Å². The van der Waals surface area contributed by atoms with Crippen molar-refractivity contribution in [2.75, 3.05) is 49.1 Å². The van der Waals surface area contributed by atoms with E-state index in [0.29, 0.717) is 46.7 Å². The van der Waals surface area contributed by atoms with Crippen molar-refractivity contribution in [1.29, 1.82) is 0 Å². The van der Waals surface area contributed by atoms with E-state index in [1.54, 1.807) is 4.57 Å². The van der Waals surface area contributed by atoms with Crippen molar-refractivity contribution in [1.82, 2.24) is 9.55 Å². The zero-order valence-corrected chi connectivity index (χ0v) is 23.9. The molecule has 1 aromatic heterocycles. The van der Waals surface area contributed by atoms with Gasteiger partial charge < -0.3 is 24.4 Å². The van der Waals surface area contributed by atoms with E-state index in [1.165, 1.54) is 17.3 Å². The smallest absolute Gasteiger partial charge is 0.262 e. The summed E-state index contributed by atoms with van der Waals surface area (Å²) in [6, 6.07) is 19.3. The molecule has 0 bridgehead atoms. The molecule has 4 aromatic rings. The number of rotatable bonds is 8. The maximum Gasteiger partial charge on any atom is 0.262 e. The first kappa shape index (κ1) is 27.2. The van der Waals surface area contributed by atoms with E-state index in [-0.39, 0.29) is 30.6 Å². The van der Waals surface area contributed by atoms with Crippen molar-refractivity contribution < 1.29 is 19.0 Å². The van der Waals surface area contributed by atoms with E-state index in [2.05, 4.69) is 24.1 Å². The Morgan fingerprint density at radius 3 is 2.56 bits per heavy atom. The SMILES string of the molecule is CC(C)c1ccc(NC(=O)CSc2nc3ccc(N4CCOCC4)cc3c(=O)n2Cc2ccc3c(c2)OCO3)cc1. The molecule has 1 fully saturated rings. The Hall–Kier alpha value is -4.02. The van der Waals surface area contributed by atoms with E-state index in [9.17, 15) is 9.59 Å². The highest BCUT2D eigenvalue weighted by molar-refractivity contribution is 7.99. The Morgan fingerprint density at radius 2 is 1.78 bits per heavy atom. The number of hydrogen-bond donors (Lipinski definition) is 1. The summed E-state index contributed by atoms with van der Waals surface area (Å²) in [6.45, 7) is 7.58. The number of nitrogens with one attached hydrogen (secondary N) is 1. The predicted molar refractivity (Wildman–Crippen MR) is 161 cm³/mol. The summed E-state index contributed by atoms with van der Waals surface area (Å²) in [5.41, 5.74) is 4.23. The molecule has 0 aliphatic carbocycles. The van der Waals surface area contributed by atoms with Crippen LogP contribution in [0.15, 0.2) is 70.6 Å². The van der Waals surface area contributed by atoms with Crippen LogP contribution in [-0.2, 0) is 16.1 Å². The molecule has 2 aliphatic heterocycles. The second kappa shape index (κ2) is 11.8. The second-order valence-corrected chi connectivity index (χ2v) is 11.3. The summed E-state index contributed by atoms with van der Waals surface area (Å²) < 4.78 is 18.1. The minimum absolute atomic E-state index is 0.108. The molecule has 0 unspecified atom stereocenters. The Bertz CT molecular complexity index is 1630. The Kier molecular flexibility index (Phi) is 7.84. The molecule has 0 saturated carbocycles. The van der Waals surface area contributed by atoms with Gasteiger partial charge in [-0.05, 0) is 59.5 Å². The average molecular weight is 573 g/mol. The third-order valence-electron chi connectivity index (χ3n) is 7.25. The fraction of sp³-hybridized carbons (Fsp3) is 0.323. The summed E-state index contributed by atoms with van der Waals surface area (Å²) in [5.74, 6) is 1.69. The number of carbonyl (C=O) groups excluding carboxylic acids is 1. The predicted octanol–water partition coefficient (Wildman–Crippen LogP) is 4.86. The number of hydrogen-bond acceptors (Lipinski definition) is 8. The molecule has 6 rings (SSSR count). The highest BCUT2D eigenvalue weighted by atomic mass is 32.2. The van der Waals surface area contributed by atoms with Gasteiger partial charge in [-0.1, -0.05) is 43.8 Å². The van der Waals surface area contributed by atoms with Crippen LogP contribution in [0, 0.1) is 0 Å². The first-order valence-corrected chi connectivity index (χ1v) is 14.7. The molecule has 41 heavy (non-hydrogen) atoms. The van der Waals surface area contributed by atoms with Gasteiger partial charge in [0.15, 0.2) is 16.7 Å². The maximum atomic E-state index is 14.0. The van der Waals surface area contributed by atoms with E-state index in [4.69, 9.17) is 19.2 Å². The van der Waals surface area contributed by atoms with Crippen molar-refractivity contribution >= 4 is 39.9 Å². The van der Waals surface area contributed by atoms with E-state index < -0.39 is 0 Å². The number of morpholine rings is 1. The van der Waals surface area contributed by atoms with Crippen LogP contribution in [0.4, 0.5) is 11.4 Å². The van der Waals surface area contributed by atoms with E-state index in [0.717, 1.165) is 30.0 Å². The summed E-state index contributed by atoms with van der Waals surface area (Å²) >= 11 is 1.25. The van der Waals surface area contributed by atoms with Gasteiger partial charge in [0.2, 0.25) is 12.7 Å². The zero-order valence-electron chi connectivity index (χ0n) is 23.1. The van der Waals surface area contributed by atoms with Gasteiger partial charge in [-0.3, -0.25) is 14.2 Å². The number of fused-ring (bicyclic) bond motifs is 2. The minimum atomic E-state index is -0.168. The van der Waals surface area contributed by atoms with Crippen molar-refractivity contribution in [3.63, 3.8) is 0 Å². The lowest BCUT2D eigenvalue weighted by Crippen LogP contribution is -2.36. The first-order chi connectivity index (χ1) is 19.9. The summed E-state index contributed by atoms with van der Waals surface area (Å²) in [7, 11) is 0. The Labute approximate surface area is 242 Å². The number of amides is 1. The first-order valence-electron chi connectivity index (χ1n) is 13.7. The molecule has 0 atom stereocenters. The lowest BCUT2D eigenvalue weighted by molar-refractivity contribution is -0.113. The largest absolute Gasteiger partial charge is 0.454 e. The van der Waals surface area contributed by atoms with Crippen molar-refractivity contribution in [3.8, 4) is 11.5 Å². The maximum absolute atomic E-state index is 14.0. The van der Waals surface area contributed by atoms with Crippen LogP contribution in [0.2, 0.25) is 0 Å². The van der Waals surface area contributed by atoms with E-state index >= 15 is 0 Å².